The molecule has 0 radical (unpaired) electrons. The second-order valence-electron chi connectivity index (χ2n) is 4.31. The zero-order valence-corrected chi connectivity index (χ0v) is 9.44. The number of carbonyl (C=O) groups excluding carboxylic acids is 1. The van der Waals surface area contributed by atoms with Gasteiger partial charge in [0.05, 0.1) is 12.0 Å². The van der Waals surface area contributed by atoms with Gasteiger partial charge < -0.3 is 5.11 Å². The van der Waals surface area contributed by atoms with E-state index in [0.717, 1.165) is 25.9 Å². The lowest BCUT2D eigenvalue weighted by Crippen LogP contribution is -2.49. The predicted octanol–water partition coefficient (Wildman–Crippen LogP) is -0.542. The molecule has 1 amide bonds. The van der Waals surface area contributed by atoms with Gasteiger partial charge in [0.1, 0.15) is 0 Å². The summed E-state index contributed by atoms with van der Waals surface area (Å²) < 4.78 is 0. The number of nitrogens with two attached hydrogens (primary N) is 1. The van der Waals surface area contributed by atoms with Crippen LogP contribution in [0, 0.1) is 5.92 Å². The molecule has 2 atom stereocenters. The molecule has 4 N–H and O–H groups in total. The number of amides is 1. The maximum absolute atomic E-state index is 11.3. The quantitative estimate of drug-likeness (QED) is 0.335. The fourth-order valence-electron chi connectivity index (χ4n) is 1.96. The summed E-state index contributed by atoms with van der Waals surface area (Å²) in [5.74, 6) is 4.85. The van der Waals surface area contributed by atoms with Crippen LogP contribution in [-0.4, -0.2) is 41.1 Å². The summed E-state index contributed by atoms with van der Waals surface area (Å²) in [5.41, 5.74) is 2.18. The van der Waals surface area contributed by atoms with Crippen molar-refractivity contribution in [3.63, 3.8) is 0 Å². The van der Waals surface area contributed by atoms with Crippen LogP contribution in [-0.2, 0) is 4.79 Å². The minimum Gasteiger partial charge on any atom is -0.393 e. The first-order valence-electron chi connectivity index (χ1n) is 5.48. The van der Waals surface area contributed by atoms with Crippen LogP contribution in [0.3, 0.4) is 0 Å². The molecule has 0 saturated carbocycles. The second kappa shape index (κ2) is 5.44. The Hall–Kier alpha value is -0.650. The van der Waals surface area contributed by atoms with Crippen molar-refractivity contribution in [1.82, 2.24) is 10.3 Å². The van der Waals surface area contributed by atoms with Gasteiger partial charge >= 0.3 is 0 Å². The molecule has 5 nitrogen and oxygen atoms in total. The van der Waals surface area contributed by atoms with Crippen molar-refractivity contribution >= 4 is 5.91 Å². The number of rotatable bonds is 3. The Balaban J connectivity index is 2.45. The maximum atomic E-state index is 11.3. The van der Waals surface area contributed by atoms with Crippen molar-refractivity contribution in [2.75, 3.05) is 13.1 Å². The standard InChI is InChI=1S/C10H21N3O2/c1-7(10(15)12-11)8(2)13-5-3-9(14)4-6-13/h7-9,14H,3-6,11H2,1-2H3,(H,12,15). The molecule has 0 aromatic carbocycles. The third kappa shape index (κ3) is 3.15. The molecule has 1 aliphatic heterocycles. The Kier molecular flexibility index (Phi) is 4.50. The Labute approximate surface area is 90.6 Å². The van der Waals surface area contributed by atoms with Crippen molar-refractivity contribution in [1.29, 1.82) is 0 Å². The largest absolute Gasteiger partial charge is 0.393 e. The van der Waals surface area contributed by atoms with E-state index in [-0.39, 0.29) is 24.0 Å². The fourth-order valence-corrected chi connectivity index (χ4v) is 1.96. The Morgan fingerprint density at radius 2 is 2.00 bits per heavy atom. The molecule has 2 unspecified atom stereocenters. The first kappa shape index (κ1) is 12.4. The lowest BCUT2D eigenvalue weighted by Gasteiger charge is -2.36. The molecule has 1 saturated heterocycles. The molecular formula is C10H21N3O2. The summed E-state index contributed by atoms with van der Waals surface area (Å²) in [6, 6.07) is 0.168. The number of hydrogen-bond acceptors (Lipinski definition) is 4. The van der Waals surface area contributed by atoms with Crippen LogP contribution < -0.4 is 11.3 Å². The van der Waals surface area contributed by atoms with Crippen LogP contribution in [0.4, 0.5) is 0 Å². The monoisotopic (exact) mass is 215 g/mol. The van der Waals surface area contributed by atoms with Gasteiger partial charge in [0, 0.05) is 19.1 Å². The first-order chi connectivity index (χ1) is 7.06. The van der Waals surface area contributed by atoms with Gasteiger partial charge in [-0.3, -0.25) is 15.1 Å². The molecule has 0 aromatic rings. The van der Waals surface area contributed by atoms with Crippen LogP contribution in [0.25, 0.3) is 0 Å². The van der Waals surface area contributed by atoms with Gasteiger partial charge in [0.2, 0.25) is 5.91 Å². The highest BCUT2D eigenvalue weighted by molar-refractivity contribution is 5.78. The molecule has 0 bridgehead atoms. The molecule has 88 valence electrons. The molecular weight excluding hydrogens is 194 g/mol. The van der Waals surface area contributed by atoms with E-state index in [1.54, 1.807) is 0 Å². The average Bonchev–Trinajstić information content (AvgIpc) is 2.27. The number of nitrogens with zero attached hydrogens (tertiary/aromatic N) is 1. The van der Waals surface area contributed by atoms with Crippen molar-refractivity contribution < 1.29 is 9.90 Å². The maximum Gasteiger partial charge on any atom is 0.238 e. The second-order valence-corrected chi connectivity index (χ2v) is 4.31. The number of hydrogen-bond donors (Lipinski definition) is 3. The lowest BCUT2D eigenvalue weighted by atomic mass is 9.98. The number of nitrogens with one attached hydrogen (secondary N) is 1. The SMILES string of the molecule is CC(C(=O)NN)C(C)N1CCC(O)CC1. The van der Waals surface area contributed by atoms with Gasteiger partial charge in [-0.1, -0.05) is 6.92 Å². The molecule has 1 heterocycles. The summed E-state index contributed by atoms with van der Waals surface area (Å²) in [7, 11) is 0. The van der Waals surface area contributed by atoms with Crippen molar-refractivity contribution in [2.45, 2.75) is 38.8 Å². The van der Waals surface area contributed by atoms with Gasteiger partial charge in [-0.15, -0.1) is 0 Å². The minimum atomic E-state index is -0.174. The van der Waals surface area contributed by atoms with E-state index in [0.29, 0.717) is 0 Å². The number of aliphatic hydroxyl groups excluding tert-OH is 1. The molecule has 0 spiro atoms. The molecule has 1 aliphatic rings. The molecule has 5 heteroatoms. The van der Waals surface area contributed by atoms with Crippen LogP contribution in [0.1, 0.15) is 26.7 Å². The topological polar surface area (TPSA) is 78.6 Å². The summed E-state index contributed by atoms with van der Waals surface area (Å²) in [6.07, 6.45) is 1.41. The van der Waals surface area contributed by atoms with Crippen molar-refractivity contribution in [2.24, 2.45) is 11.8 Å². The van der Waals surface area contributed by atoms with E-state index in [9.17, 15) is 9.90 Å². The average molecular weight is 215 g/mol. The summed E-state index contributed by atoms with van der Waals surface area (Å²) in [5, 5.41) is 9.38. The van der Waals surface area contributed by atoms with Crippen LogP contribution in [0.15, 0.2) is 0 Å². The molecule has 15 heavy (non-hydrogen) atoms. The number of aliphatic hydroxyl groups is 1. The van der Waals surface area contributed by atoms with E-state index in [1.807, 2.05) is 13.8 Å². The van der Waals surface area contributed by atoms with Gasteiger partial charge in [-0.05, 0) is 19.8 Å². The smallest absolute Gasteiger partial charge is 0.238 e. The molecule has 0 aliphatic carbocycles. The van der Waals surface area contributed by atoms with Crippen LogP contribution in [0.5, 0.6) is 0 Å². The molecule has 1 rings (SSSR count). The highest BCUT2D eigenvalue weighted by Gasteiger charge is 2.27. The lowest BCUT2D eigenvalue weighted by molar-refractivity contribution is -0.126. The fraction of sp³-hybridized carbons (Fsp3) is 0.900. The van der Waals surface area contributed by atoms with Gasteiger partial charge in [-0.25, -0.2) is 5.84 Å². The van der Waals surface area contributed by atoms with E-state index in [1.165, 1.54) is 0 Å². The minimum absolute atomic E-state index is 0.120. The van der Waals surface area contributed by atoms with Crippen LogP contribution >= 0.6 is 0 Å². The molecule has 0 aromatic heterocycles. The van der Waals surface area contributed by atoms with Gasteiger partial charge in [-0.2, -0.15) is 0 Å². The first-order valence-corrected chi connectivity index (χ1v) is 5.48. The number of likely N-dealkylation sites (tertiary alicyclic amines) is 1. The predicted molar refractivity (Wildman–Crippen MR) is 57.8 cm³/mol. The van der Waals surface area contributed by atoms with Crippen molar-refractivity contribution in [3.05, 3.63) is 0 Å². The van der Waals surface area contributed by atoms with Crippen LogP contribution in [0.2, 0.25) is 0 Å². The van der Waals surface area contributed by atoms with E-state index in [4.69, 9.17) is 5.84 Å². The third-order valence-corrected chi connectivity index (χ3v) is 3.35. The number of hydrazine groups is 1. The zero-order chi connectivity index (χ0) is 11.4. The summed E-state index contributed by atoms with van der Waals surface area (Å²) in [4.78, 5) is 13.6. The van der Waals surface area contributed by atoms with E-state index in [2.05, 4.69) is 10.3 Å². The Bertz CT molecular complexity index is 215. The molecule has 1 fully saturated rings. The van der Waals surface area contributed by atoms with Crippen molar-refractivity contribution in [3.8, 4) is 0 Å². The summed E-state index contributed by atoms with van der Waals surface area (Å²) >= 11 is 0. The highest BCUT2D eigenvalue weighted by Crippen LogP contribution is 2.17. The normalized spacial score (nSPS) is 23.5. The Morgan fingerprint density at radius 3 is 2.47 bits per heavy atom. The van der Waals surface area contributed by atoms with E-state index >= 15 is 0 Å². The number of piperidine rings is 1. The highest BCUT2D eigenvalue weighted by atomic mass is 16.3. The van der Waals surface area contributed by atoms with E-state index < -0.39 is 0 Å². The van der Waals surface area contributed by atoms with Gasteiger partial charge in [0.25, 0.3) is 0 Å². The Morgan fingerprint density at radius 1 is 1.47 bits per heavy atom. The number of carbonyl (C=O) groups is 1. The van der Waals surface area contributed by atoms with Gasteiger partial charge in [0.15, 0.2) is 0 Å². The zero-order valence-electron chi connectivity index (χ0n) is 9.44. The third-order valence-electron chi connectivity index (χ3n) is 3.35. The summed E-state index contributed by atoms with van der Waals surface area (Å²) in [6.45, 7) is 5.60.